The Hall–Kier alpha value is -2.54. The lowest BCUT2D eigenvalue weighted by Gasteiger charge is -2.17. The highest BCUT2D eigenvalue weighted by Crippen LogP contribution is 2.26. The molecule has 0 spiro atoms. The molecule has 3 rings (SSSR count). The standard InChI is InChI=1S/C18H22N4O2S/c19-18(20-8-7-15-2-1-11-25-15)21-9-10-24-14-4-5-16-13(12-14)3-6-17(23)22-16/h1-2,4-5,11-12H,3,6-10H2,(H,22,23)(H3,19,20,21). The summed E-state index contributed by atoms with van der Waals surface area (Å²) in [5.41, 5.74) is 7.83. The van der Waals surface area contributed by atoms with Crippen molar-refractivity contribution in [3.63, 3.8) is 0 Å². The zero-order chi connectivity index (χ0) is 17.5. The number of benzene rings is 1. The second-order valence-corrected chi connectivity index (χ2v) is 6.77. The number of aliphatic imine (C=N–C) groups is 1. The third kappa shape index (κ3) is 5.22. The van der Waals surface area contributed by atoms with E-state index in [9.17, 15) is 4.79 Å². The number of thiophene rings is 1. The molecule has 0 saturated carbocycles. The highest BCUT2D eigenvalue weighted by atomic mass is 32.1. The Morgan fingerprint density at radius 1 is 1.36 bits per heavy atom. The average molecular weight is 358 g/mol. The lowest BCUT2D eigenvalue weighted by atomic mass is 10.0. The van der Waals surface area contributed by atoms with Gasteiger partial charge in [-0.05, 0) is 41.6 Å². The number of hydrogen-bond donors (Lipinski definition) is 3. The molecule has 0 radical (unpaired) electrons. The summed E-state index contributed by atoms with van der Waals surface area (Å²) in [5.74, 6) is 1.30. The molecular weight excluding hydrogens is 336 g/mol. The molecule has 0 aliphatic carbocycles. The van der Waals surface area contributed by atoms with Crippen LogP contribution in [-0.4, -0.2) is 31.6 Å². The van der Waals surface area contributed by atoms with Gasteiger partial charge in [0, 0.05) is 30.0 Å². The summed E-state index contributed by atoms with van der Waals surface area (Å²) in [6.07, 6.45) is 2.18. The molecule has 1 aromatic carbocycles. The van der Waals surface area contributed by atoms with Crippen molar-refractivity contribution in [2.75, 3.05) is 25.0 Å². The van der Waals surface area contributed by atoms with Crippen LogP contribution in [-0.2, 0) is 17.6 Å². The number of nitrogens with zero attached hydrogens (tertiary/aromatic N) is 1. The second kappa shape index (κ2) is 8.53. The number of anilines is 1. The van der Waals surface area contributed by atoms with Crippen molar-refractivity contribution >= 4 is 28.9 Å². The SMILES string of the molecule is NC(=NCCc1cccs1)NCCOc1ccc2c(c1)CCC(=O)N2. The quantitative estimate of drug-likeness (QED) is 0.402. The Labute approximate surface area is 151 Å². The highest BCUT2D eigenvalue weighted by molar-refractivity contribution is 7.09. The van der Waals surface area contributed by atoms with E-state index in [2.05, 4.69) is 27.1 Å². The van der Waals surface area contributed by atoms with Crippen LogP contribution in [0.1, 0.15) is 16.9 Å². The molecule has 1 aliphatic rings. The maximum Gasteiger partial charge on any atom is 0.224 e. The maximum absolute atomic E-state index is 11.4. The Morgan fingerprint density at radius 2 is 2.28 bits per heavy atom. The summed E-state index contributed by atoms with van der Waals surface area (Å²) in [7, 11) is 0. The van der Waals surface area contributed by atoms with Crippen LogP contribution in [0.25, 0.3) is 0 Å². The topological polar surface area (TPSA) is 88.7 Å². The van der Waals surface area contributed by atoms with E-state index in [4.69, 9.17) is 10.5 Å². The first kappa shape index (κ1) is 17.3. The van der Waals surface area contributed by atoms with Gasteiger partial charge in [-0.3, -0.25) is 9.79 Å². The van der Waals surface area contributed by atoms with E-state index in [1.165, 1.54) is 4.88 Å². The van der Waals surface area contributed by atoms with Crippen molar-refractivity contribution < 1.29 is 9.53 Å². The van der Waals surface area contributed by atoms with Gasteiger partial charge in [-0.1, -0.05) is 6.07 Å². The van der Waals surface area contributed by atoms with Crippen molar-refractivity contribution in [2.45, 2.75) is 19.3 Å². The first-order valence-electron chi connectivity index (χ1n) is 8.32. The van der Waals surface area contributed by atoms with E-state index in [0.29, 0.717) is 32.1 Å². The molecule has 1 amide bonds. The number of fused-ring (bicyclic) bond motifs is 1. The molecule has 0 unspecified atom stereocenters. The van der Waals surface area contributed by atoms with Crippen molar-refractivity contribution in [2.24, 2.45) is 10.7 Å². The summed E-state index contributed by atoms with van der Waals surface area (Å²) in [6.45, 7) is 1.76. The number of aryl methyl sites for hydroxylation is 1. The summed E-state index contributed by atoms with van der Waals surface area (Å²) in [5, 5.41) is 7.97. The van der Waals surface area contributed by atoms with Gasteiger partial charge in [-0.15, -0.1) is 11.3 Å². The minimum Gasteiger partial charge on any atom is -0.492 e. The number of carbonyl (C=O) groups excluding carboxylic acids is 1. The molecule has 0 saturated heterocycles. The number of rotatable bonds is 7. The van der Waals surface area contributed by atoms with Crippen molar-refractivity contribution in [1.82, 2.24) is 5.32 Å². The molecule has 0 bridgehead atoms. The van der Waals surface area contributed by atoms with Crippen LogP contribution >= 0.6 is 11.3 Å². The van der Waals surface area contributed by atoms with Gasteiger partial charge in [0.2, 0.25) is 5.91 Å². The van der Waals surface area contributed by atoms with E-state index >= 15 is 0 Å². The van der Waals surface area contributed by atoms with Gasteiger partial charge < -0.3 is 21.1 Å². The van der Waals surface area contributed by atoms with Crippen molar-refractivity contribution in [3.8, 4) is 5.75 Å². The van der Waals surface area contributed by atoms with Gasteiger partial charge in [0.25, 0.3) is 0 Å². The Kier molecular flexibility index (Phi) is 5.90. The minimum atomic E-state index is 0.0687. The number of nitrogens with two attached hydrogens (primary N) is 1. The fourth-order valence-corrected chi connectivity index (χ4v) is 3.29. The van der Waals surface area contributed by atoms with Crippen LogP contribution < -0.4 is 21.1 Å². The normalized spacial score (nSPS) is 13.9. The molecule has 1 aromatic heterocycles. The molecule has 25 heavy (non-hydrogen) atoms. The predicted molar refractivity (Wildman–Crippen MR) is 101 cm³/mol. The van der Waals surface area contributed by atoms with Gasteiger partial charge in [0.05, 0.1) is 6.54 Å². The third-order valence-corrected chi connectivity index (χ3v) is 4.81. The van der Waals surface area contributed by atoms with Gasteiger partial charge in [-0.25, -0.2) is 0 Å². The molecule has 2 aromatic rings. The third-order valence-electron chi connectivity index (χ3n) is 3.87. The first-order chi connectivity index (χ1) is 12.2. The molecule has 7 heteroatoms. The summed E-state index contributed by atoms with van der Waals surface area (Å²) < 4.78 is 5.73. The lowest BCUT2D eigenvalue weighted by molar-refractivity contribution is -0.116. The summed E-state index contributed by atoms with van der Waals surface area (Å²) in [4.78, 5) is 17.0. The number of amides is 1. The molecule has 6 nitrogen and oxygen atoms in total. The fourth-order valence-electron chi connectivity index (χ4n) is 2.59. The molecule has 4 N–H and O–H groups in total. The number of nitrogens with one attached hydrogen (secondary N) is 2. The zero-order valence-corrected chi connectivity index (χ0v) is 14.8. The maximum atomic E-state index is 11.4. The lowest BCUT2D eigenvalue weighted by Crippen LogP contribution is -2.35. The van der Waals surface area contributed by atoms with Crippen LogP contribution in [0.5, 0.6) is 5.75 Å². The van der Waals surface area contributed by atoms with E-state index < -0.39 is 0 Å². The highest BCUT2D eigenvalue weighted by Gasteiger charge is 2.14. The summed E-state index contributed by atoms with van der Waals surface area (Å²) >= 11 is 1.73. The smallest absolute Gasteiger partial charge is 0.224 e. The Balaban J connectivity index is 1.37. The first-order valence-corrected chi connectivity index (χ1v) is 9.20. The van der Waals surface area contributed by atoms with E-state index in [-0.39, 0.29) is 5.91 Å². The number of carbonyl (C=O) groups is 1. The molecule has 0 fully saturated rings. The van der Waals surface area contributed by atoms with Crippen LogP contribution in [0.4, 0.5) is 5.69 Å². The molecular formula is C18H22N4O2S. The van der Waals surface area contributed by atoms with Crippen LogP contribution in [0.15, 0.2) is 40.7 Å². The van der Waals surface area contributed by atoms with Gasteiger partial charge >= 0.3 is 0 Å². The molecule has 0 atom stereocenters. The predicted octanol–water partition coefficient (Wildman–Crippen LogP) is 2.16. The largest absolute Gasteiger partial charge is 0.492 e. The number of guanidine groups is 1. The van der Waals surface area contributed by atoms with E-state index in [1.54, 1.807) is 11.3 Å². The van der Waals surface area contributed by atoms with Crippen LogP contribution in [0.2, 0.25) is 0 Å². The minimum absolute atomic E-state index is 0.0687. The number of hydrogen-bond acceptors (Lipinski definition) is 4. The Morgan fingerprint density at radius 3 is 3.12 bits per heavy atom. The zero-order valence-electron chi connectivity index (χ0n) is 14.0. The van der Waals surface area contributed by atoms with E-state index in [1.807, 2.05) is 24.3 Å². The van der Waals surface area contributed by atoms with E-state index in [0.717, 1.165) is 29.8 Å². The number of ether oxygens (including phenoxy) is 1. The molecule has 1 aliphatic heterocycles. The second-order valence-electron chi connectivity index (χ2n) is 5.74. The van der Waals surface area contributed by atoms with Crippen LogP contribution in [0.3, 0.4) is 0 Å². The van der Waals surface area contributed by atoms with Crippen LogP contribution in [0, 0.1) is 0 Å². The summed E-state index contributed by atoms with van der Waals surface area (Å²) in [6, 6.07) is 9.87. The Bertz CT molecular complexity index is 744. The van der Waals surface area contributed by atoms with Gasteiger partial charge in [0.15, 0.2) is 5.96 Å². The molecule has 132 valence electrons. The average Bonchev–Trinajstić information content (AvgIpc) is 3.12. The molecule has 2 heterocycles. The fraction of sp³-hybridized carbons (Fsp3) is 0.333. The van der Waals surface area contributed by atoms with Gasteiger partial charge in [-0.2, -0.15) is 0 Å². The van der Waals surface area contributed by atoms with Crippen molar-refractivity contribution in [3.05, 3.63) is 46.2 Å². The van der Waals surface area contributed by atoms with Gasteiger partial charge in [0.1, 0.15) is 12.4 Å². The van der Waals surface area contributed by atoms with Crippen molar-refractivity contribution in [1.29, 1.82) is 0 Å². The monoisotopic (exact) mass is 358 g/mol.